The zero-order valence-corrected chi connectivity index (χ0v) is 8.42. The third kappa shape index (κ3) is 2.25. The Hall–Kier alpha value is -2.04. The first-order valence-electron chi connectivity index (χ1n) is 4.55. The third-order valence-corrected chi connectivity index (χ3v) is 2.03. The SMILES string of the molecule is CN(Cc1ccoc1)c1cncc(N)n1. The van der Waals surface area contributed by atoms with Crippen LogP contribution in [-0.2, 0) is 6.54 Å². The van der Waals surface area contributed by atoms with Crippen LogP contribution in [0.1, 0.15) is 5.56 Å². The number of nitrogens with two attached hydrogens (primary N) is 1. The van der Waals surface area contributed by atoms with Gasteiger partial charge < -0.3 is 15.1 Å². The van der Waals surface area contributed by atoms with Crippen LogP contribution in [0.5, 0.6) is 0 Å². The molecule has 5 nitrogen and oxygen atoms in total. The van der Waals surface area contributed by atoms with Gasteiger partial charge in [-0.05, 0) is 6.07 Å². The van der Waals surface area contributed by atoms with Gasteiger partial charge in [-0.15, -0.1) is 0 Å². The molecule has 5 heteroatoms. The predicted octanol–water partition coefficient (Wildman–Crippen LogP) is 1.29. The van der Waals surface area contributed by atoms with Crippen molar-refractivity contribution in [3.63, 3.8) is 0 Å². The Labute approximate surface area is 87.6 Å². The Bertz CT molecular complexity index is 427. The molecule has 2 rings (SSSR count). The van der Waals surface area contributed by atoms with E-state index in [9.17, 15) is 0 Å². The lowest BCUT2D eigenvalue weighted by Crippen LogP contribution is -2.17. The number of anilines is 2. The summed E-state index contributed by atoms with van der Waals surface area (Å²) in [5.74, 6) is 1.17. The van der Waals surface area contributed by atoms with Gasteiger partial charge in [0.05, 0.1) is 24.9 Å². The molecule has 0 radical (unpaired) electrons. The van der Waals surface area contributed by atoms with E-state index in [1.54, 1.807) is 18.7 Å². The summed E-state index contributed by atoms with van der Waals surface area (Å²) in [4.78, 5) is 10.1. The van der Waals surface area contributed by atoms with Crippen LogP contribution in [0.3, 0.4) is 0 Å². The van der Waals surface area contributed by atoms with Crippen LogP contribution in [0.2, 0.25) is 0 Å². The summed E-state index contributed by atoms with van der Waals surface area (Å²) < 4.78 is 4.99. The molecule has 0 saturated carbocycles. The Morgan fingerprint density at radius 1 is 1.47 bits per heavy atom. The van der Waals surface area contributed by atoms with Crippen molar-refractivity contribution in [1.82, 2.24) is 9.97 Å². The number of hydrogen-bond acceptors (Lipinski definition) is 5. The predicted molar refractivity (Wildman–Crippen MR) is 57.3 cm³/mol. The van der Waals surface area contributed by atoms with Crippen LogP contribution in [0.15, 0.2) is 35.4 Å². The molecule has 2 aromatic heterocycles. The van der Waals surface area contributed by atoms with Crippen molar-refractivity contribution in [2.75, 3.05) is 17.7 Å². The number of hydrogen-bond donors (Lipinski definition) is 1. The smallest absolute Gasteiger partial charge is 0.149 e. The molecule has 0 bridgehead atoms. The van der Waals surface area contributed by atoms with E-state index in [1.165, 1.54) is 6.20 Å². The van der Waals surface area contributed by atoms with Gasteiger partial charge in [0.2, 0.25) is 0 Å². The van der Waals surface area contributed by atoms with Crippen molar-refractivity contribution >= 4 is 11.6 Å². The molecule has 2 N–H and O–H groups in total. The molecule has 2 heterocycles. The molecular formula is C10H12N4O. The Morgan fingerprint density at radius 2 is 2.33 bits per heavy atom. The van der Waals surface area contributed by atoms with Crippen molar-refractivity contribution in [3.8, 4) is 0 Å². The first-order valence-corrected chi connectivity index (χ1v) is 4.55. The largest absolute Gasteiger partial charge is 0.472 e. The molecule has 78 valence electrons. The lowest BCUT2D eigenvalue weighted by molar-refractivity contribution is 0.563. The minimum atomic E-state index is 0.423. The summed E-state index contributed by atoms with van der Waals surface area (Å²) in [6.07, 6.45) is 6.55. The molecule has 0 unspecified atom stereocenters. The van der Waals surface area contributed by atoms with Gasteiger partial charge in [-0.3, -0.25) is 4.98 Å². The fourth-order valence-corrected chi connectivity index (χ4v) is 1.29. The minimum Gasteiger partial charge on any atom is -0.472 e. The van der Waals surface area contributed by atoms with Gasteiger partial charge in [0.15, 0.2) is 0 Å². The number of nitrogens with zero attached hydrogens (tertiary/aromatic N) is 3. The summed E-state index contributed by atoms with van der Waals surface area (Å²) >= 11 is 0. The van der Waals surface area contributed by atoms with Crippen molar-refractivity contribution in [1.29, 1.82) is 0 Å². The highest BCUT2D eigenvalue weighted by atomic mass is 16.3. The molecule has 15 heavy (non-hydrogen) atoms. The zero-order valence-electron chi connectivity index (χ0n) is 8.42. The third-order valence-electron chi connectivity index (χ3n) is 2.03. The normalized spacial score (nSPS) is 10.2. The highest BCUT2D eigenvalue weighted by Gasteiger charge is 2.04. The van der Waals surface area contributed by atoms with Crippen LogP contribution < -0.4 is 10.6 Å². The molecule has 0 aliphatic rings. The summed E-state index contributed by atoms with van der Waals surface area (Å²) in [5.41, 5.74) is 6.64. The van der Waals surface area contributed by atoms with Gasteiger partial charge >= 0.3 is 0 Å². The van der Waals surface area contributed by atoms with Gasteiger partial charge in [-0.25, -0.2) is 4.98 Å². The summed E-state index contributed by atoms with van der Waals surface area (Å²) in [7, 11) is 1.93. The average molecular weight is 204 g/mol. The van der Waals surface area contributed by atoms with E-state index < -0.39 is 0 Å². The quantitative estimate of drug-likeness (QED) is 0.815. The second kappa shape index (κ2) is 4.00. The summed E-state index contributed by atoms with van der Waals surface area (Å²) in [6.45, 7) is 0.717. The van der Waals surface area contributed by atoms with Crippen molar-refractivity contribution < 1.29 is 4.42 Å². The highest BCUT2D eigenvalue weighted by molar-refractivity contribution is 5.41. The number of nitrogen functional groups attached to an aromatic ring is 1. The van der Waals surface area contributed by atoms with Crippen LogP contribution in [-0.4, -0.2) is 17.0 Å². The molecule has 0 fully saturated rings. The van der Waals surface area contributed by atoms with E-state index in [4.69, 9.17) is 10.2 Å². The molecule has 0 spiro atoms. The van der Waals surface area contributed by atoms with E-state index in [1.807, 2.05) is 18.0 Å². The lowest BCUT2D eigenvalue weighted by Gasteiger charge is -2.16. The average Bonchev–Trinajstić information content (AvgIpc) is 2.70. The fourth-order valence-electron chi connectivity index (χ4n) is 1.29. The van der Waals surface area contributed by atoms with E-state index >= 15 is 0 Å². The maximum absolute atomic E-state index is 5.55. The second-order valence-corrected chi connectivity index (χ2v) is 3.29. The first kappa shape index (κ1) is 9.51. The maximum Gasteiger partial charge on any atom is 0.149 e. The second-order valence-electron chi connectivity index (χ2n) is 3.29. The van der Waals surface area contributed by atoms with E-state index in [0.717, 1.165) is 11.4 Å². The fraction of sp³-hybridized carbons (Fsp3) is 0.200. The number of aromatic nitrogens is 2. The summed E-state index contributed by atoms with van der Waals surface area (Å²) in [6, 6.07) is 1.91. The minimum absolute atomic E-state index is 0.423. The number of rotatable bonds is 3. The van der Waals surface area contributed by atoms with Gasteiger partial charge in [0.1, 0.15) is 11.6 Å². The van der Waals surface area contributed by atoms with E-state index in [-0.39, 0.29) is 0 Å². The molecule has 0 aliphatic carbocycles. The van der Waals surface area contributed by atoms with Gasteiger partial charge in [-0.1, -0.05) is 0 Å². The molecule has 0 amide bonds. The van der Waals surface area contributed by atoms with Gasteiger partial charge in [0.25, 0.3) is 0 Å². The molecule has 0 aliphatic heterocycles. The van der Waals surface area contributed by atoms with Crippen molar-refractivity contribution in [2.24, 2.45) is 0 Å². The van der Waals surface area contributed by atoms with Crippen LogP contribution in [0.25, 0.3) is 0 Å². The topological polar surface area (TPSA) is 68.2 Å². The lowest BCUT2D eigenvalue weighted by atomic mass is 10.3. The molecule has 2 aromatic rings. The molecule has 0 saturated heterocycles. The number of furan rings is 1. The molecular weight excluding hydrogens is 192 g/mol. The van der Waals surface area contributed by atoms with Gasteiger partial charge in [0, 0.05) is 19.2 Å². The molecule has 0 atom stereocenters. The van der Waals surface area contributed by atoms with Gasteiger partial charge in [-0.2, -0.15) is 0 Å². The standard InChI is InChI=1S/C10H12N4O/c1-14(6-8-2-3-15-7-8)10-5-12-4-9(11)13-10/h2-5,7H,6H2,1H3,(H2,11,13). The Kier molecular flexibility index (Phi) is 2.53. The maximum atomic E-state index is 5.55. The monoisotopic (exact) mass is 204 g/mol. The Morgan fingerprint density at radius 3 is 3.00 bits per heavy atom. The van der Waals surface area contributed by atoms with Crippen molar-refractivity contribution in [2.45, 2.75) is 6.54 Å². The van der Waals surface area contributed by atoms with Crippen LogP contribution in [0, 0.1) is 0 Å². The van der Waals surface area contributed by atoms with Crippen LogP contribution >= 0.6 is 0 Å². The van der Waals surface area contributed by atoms with E-state index in [2.05, 4.69) is 9.97 Å². The van der Waals surface area contributed by atoms with Crippen molar-refractivity contribution in [3.05, 3.63) is 36.5 Å². The summed E-state index contributed by atoms with van der Waals surface area (Å²) in [5, 5.41) is 0. The highest BCUT2D eigenvalue weighted by Crippen LogP contribution is 2.12. The van der Waals surface area contributed by atoms with E-state index in [0.29, 0.717) is 12.4 Å². The van der Waals surface area contributed by atoms with Crippen LogP contribution in [0.4, 0.5) is 11.6 Å². The molecule has 0 aromatic carbocycles. The zero-order chi connectivity index (χ0) is 10.7. The Balaban J connectivity index is 2.11. The first-order chi connectivity index (χ1) is 7.25.